The van der Waals surface area contributed by atoms with Gasteiger partial charge in [0.2, 0.25) is 0 Å². The number of nitrogens with zero attached hydrogens (tertiary/aromatic N) is 2. The van der Waals surface area contributed by atoms with Gasteiger partial charge < -0.3 is 16.4 Å². The number of rotatable bonds is 5. The van der Waals surface area contributed by atoms with Gasteiger partial charge in [-0.25, -0.2) is 15.8 Å². The van der Waals surface area contributed by atoms with E-state index in [4.69, 9.17) is 11.6 Å². The Labute approximate surface area is 83.5 Å². The van der Waals surface area contributed by atoms with Crippen molar-refractivity contribution in [3.05, 3.63) is 0 Å². The second-order valence-corrected chi connectivity index (χ2v) is 2.70. The fraction of sp³-hybridized carbons (Fsp3) is 0.714. The van der Waals surface area contributed by atoms with E-state index < -0.39 is 0 Å². The Bertz CT molecular complexity index is 202. The minimum atomic E-state index is -0.207. The topological polar surface area (TPSA) is 109 Å². The van der Waals surface area contributed by atoms with Crippen molar-refractivity contribution in [2.45, 2.75) is 13.3 Å². The van der Waals surface area contributed by atoms with Crippen LogP contribution in [0.5, 0.6) is 0 Å². The first kappa shape index (κ1) is 12.5. The first-order chi connectivity index (χ1) is 6.56. The second kappa shape index (κ2) is 6.96. The Morgan fingerprint density at radius 3 is 2.64 bits per heavy atom. The van der Waals surface area contributed by atoms with Crippen LogP contribution in [0.3, 0.4) is 0 Å². The molecule has 7 nitrogen and oxygen atoms in total. The van der Waals surface area contributed by atoms with Crippen LogP contribution in [0.1, 0.15) is 13.3 Å². The molecule has 0 spiro atoms. The van der Waals surface area contributed by atoms with E-state index in [0.717, 1.165) is 5.12 Å². The van der Waals surface area contributed by atoms with Crippen molar-refractivity contribution in [3.8, 4) is 0 Å². The lowest BCUT2D eigenvalue weighted by atomic mass is 10.4. The number of carbonyl (C=O) groups excluding carboxylic acids is 1. The van der Waals surface area contributed by atoms with Crippen molar-refractivity contribution in [2.24, 2.45) is 16.7 Å². The van der Waals surface area contributed by atoms with E-state index in [1.807, 2.05) is 6.92 Å². The highest BCUT2D eigenvalue weighted by atomic mass is 16.2. The summed E-state index contributed by atoms with van der Waals surface area (Å²) in [5, 5.41) is 10.1. The molecule has 0 saturated heterocycles. The van der Waals surface area contributed by atoms with Gasteiger partial charge >= 0.3 is 6.03 Å². The Morgan fingerprint density at radius 2 is 2.14 bits per heavy atom. The third-order valence-electron chi connectivity index (χ3n) is 1.29. The maximum Gasteiger partial charge on any atom is 0.314 e. The fourth-order valence-electron chi connectivity index (χ4n) is 0.780. The number of hydrogen-bond donors (Lipinski definition) is 4. The average molecular weight is 202 g/mol. The van der Waals surface area contributed by atoms with Crippen LogP contribution >= 0.6 is 0 Å². The van der Waals surface area contributed by atoms with Gasteiger partial charge in [-0.3, -0.25) is 0 Å². The standard InChI is InChI=1S/C7H18N6O/c1-3-10-7(14)11-5-4-6(8)12-13(2)9/h3-5,9H2,1-2H3,(H2,8,12)(H2,10,11,14). The van der Waals surface area contributed by atoms with Gasteiger partial charge in [-0.2, -0.15) is 0 Å². The molecule has 0 saturated carbocycles. The number of nitrogens with two attached hydrogens (primary N) is 2. The maximum atomic E-state index is 10.9. The third kappa shape index (κ3) is 7.17. The van der Waals surface area contributed by atoms with Crippen LogP contribution in [0.2, 0.25) is 0 Å². The lowest BCUT2D eigenvalue weighted by molar-refractivity contribution is 0.241. The zero-order valence-corrected chi connectivity index (χ0v) is 8.58. The lowest BCUT2D eigenvalue weighted by Crippen LogP contribution is -2.37. The lowest BCUT2D eigenvalue weighted by Gasteiger charge is -2.07. The summed E-state index contributed by atoms with van der Waals surface area (Å²) in [6.45, 7) is 2.88. The highest BCUT2D eigenvalue weighted by Gasteiger charge is 1.98. The van der Waals surface area contributed by atoms with Gasteiger partial charge in [0.05, 0.1) is 0 Å². The van der Waals surface area contributed by atoms with Crippen molar-refractivity contribution in [1.29, 1.82) is 0 Å². The van der Waals surface area contributed by atoms with Gasteiger partial charge in [0.25, 0.3) is 0 Å². The molecule has 0 bridgehead atoms. The molecular formula is C7H18N6O. The summed E-state index contributed by atoms with van der Waals surface area (Å²) in [4.78, 5) is 10.9. The summed E-state index contributed by atoms with van der Waals surface area (Å²) in [5.41, 5.74) is 5.49. The van der Waals surface area contributed by atoms with Crippen LogP contribution in [0, 0.1) is 0 Å². The van der Waals surface area contributed by atoms with Crippen LogP contribution in [0.25, 0.3) is 0 Å². The van der Waals surface area contributed by atoms with E-state index in [2.05, 4.69) is 15.7 Å². The number of nitrogens with one attached hydrogen (secondary N) is 2. The van der Waals surface area contributed by atoms with Gasteiger partial charge in [-0.05, 0) is 6.92 Å². The molecule has 0 rings (SSSR count). The maximum absolute atomic E-state index is 10.9. The SMILES string of the molecule is CCNC(=O)NCC/C(N)=N/N(C)N. The van der Waals surface area contributed by atoms with Gasteiger partial charge in [-0.1, -0.05) is 0 Å². The highest BCUT2D eigenvalue weighted by Crippen LogP contribution is 1.80. The predicted molar refractivity (Wildman–Crippen MR) is 55.3 cm³/mol. The monoisotopic (exact) mass is 202 g/mol. The number of amidine groups is 1. The Hall–Kier alpha value is -1.50. The fourth-order valence-corrected chi connectivity index (χ4v) is 0.780. The molecule has 0 aliphatic carbocycles. The van der Waals surface area contributed by atoms with Gasteiger partial charge in [0.15, 0.2) is 0 Å². The van der Waals surface area contributed by atoms with E-state index in [1.54, 1.807) is 7.05 Å². The quantitative estimate of drug-likeness (QED) is 0.194. The van der Waals surface area contributed by atoms with E-state index >= 15 is 0 Å². The van der Waals surface area contributed by atoms with Crippen molar-refractivity contribution < 1.29 is 4.79 Å². The molecule has 0 aliphatic heterocycles. The second-order valence-electron chi connectivity index (χ2n) is 2.70. The summed E-state index contributed by atoms with van der Waals surface area (Å²) < 4.78 is 0. The van der Waals surface area contributed by atoms with Crippen LogP contribution in [-0.4, -0.2) is 37.1 Å². The first-order valence-electron chi connectivity index (χ1n) is 4.39. The molecule has 0 aliphatic rings. The summed E-state index contributed by atoms with van der Waals surface area (Å²) >= 11 is 0. The van der Waals surface area contributed by atoms with Crippen molar-refractivity contribution in [3.63, 3.8) is 0 Å². The van der Waals surface area contributed by atoms with Gasteiger partial charge in [0, 0.05) is 26.6 Å². The molecule has 6 N–H and O–H groups in total. The molecule has 0 unspecified atom stereocenters. The van der Waals surface area contributed by atoms with Gasteiger partial charge in [-0.15, -0.1) is 5.10 Å². The molecule has 0 aromatic carbocycles. The zero-order chi connectivity index (χ0) is 11.0. The normalized spacial score (nSPS) is 10.9. The minimum absolute atomic E-state index is 0.207. The molecular weight excluding hydrogens is 184 g/mol. The summed E-state index contributed by atoms with van der Waals surface area (Å²) in [7, 11) is 1.57. The van der Waals surface area contributed by atoms with E-state index in [0.29, 0.717) is 25.3 Å². The first-order valence-corrected chi connectivity index (χ1v) is 4.39. The van der Waals surface area contributed by atoms with Crippen molar-refractivity contribution in [1.82, 2.24) is 15.8 Å². The molecule has 0 radical (unpaired) electrons. The van der Waals surface area contributed by atoms with Crippen LogP contribution in [-0.2, 0) is 0 Å². The molecule has 0 heterocycles. The Balaban J connectivity index is 3.58. The summed E-state index contributed by atoms with van der Waals surface area (Å²) in [6, 6.07) is -0.207. The van der Waals surface area contributed by atoms with Crippen LogP contribution in [0.4, 0.5) is 4.79 Å². The average Bonchev–Trinajstić information content (AvgIpc) is 2.02. The molecule has 82 valence electrons. The van der Waals surface area contributed by atoms with E-state index in [9.17, 15) is 4.79 Å². The number of urea groups is 1. The molecule has 7 heteroatoms. The summed E-state index contributed by atoms with van der Waals surface area (Å²) in [5.74, 6) is 5.62. The van der Waals surface area contributed by atoms with Crippen LogP contribution < -0.4 is 22.2 Å². The Morgan fingerprint density at radius 1 is 1.50 bits per heavy atom. The largest absolute Gasteiger partial charge is 0.386 e. The Kier molecular flexibility index (Phi) is 6.21. The zero-order valence-electron chi connectivity index (χ0n) is 8.58. The van der Waals surface area contributed by atoms with Crippen LogP contribution in [0.15, 0.2) is 5.10 Å². The summed E-state index contributed by atoms with van der Waals surface area (Å²) in [6.07, 6.45) is 0.471. The number of hydrazone groups is 1. The molecule has 0 aromatic rings. The molecule has 0 aromatic heterocycles. The molecule has 14 heavy (non-hydrogen) atoms. The van der Waals surface area contributed by atoms with E-state index in [1.165, 1.54) is 0 Å². The molecule has 0 fully saturated rings. The number of amides is 2. The third-order valence-corrected chi connectivity index (χ3v) is 1.29. The number of hydrazine groups is 1. The van der Waals surface area contributed by atoms with Crippen molar-refractivity contribution in [2.75, 3.05) is 20.1 Å². The molecule has 2 amide bonds. The van der Waals surface area contributed by atoms with E-state index in [-0.39, 0.29) is 6.03 Å². The number of carbonyl (C=O) groups is 1. The predicted octanol–water partition coefficient (Wildman–Crippen LogP) is -1.23. The molecule has 0 atom stereocenters. The highest BCUT2D eigenvalue weighted by molar-refractivity contribution is 5.81. The van der Waals surface area contributed by atoms with Crippen molar-refractivity contribution >= 4 is 11.9 Å². The minimum Gasteiger partial charge on any atom is -0.386 e. The number of hydrogen-bond acceptors (Lipinski definition) is 4. The smallest absolute Gasteiger partial charge is 0.314 e. The van der Waals surface area contributed by atoms with Gasteiger partial charge in [0.1, 0.15) is 5.84 Å².